The van der Waals surface area contributed by atoms with Crippen molar-refractivity contribution >= 4 is 35.0 Å². The first-order valence-corrected chi connectivity index (χ1v) is 7.99. The number of anilines is 1. The minimum atomic E-state index is -0.131. The summed E-state index contributed by atoms with van der Waals surface area (Å²) in [6.07, 6.45) is 0. The van der Waals surface area contributed by atoms with Gasteiger partial charge in [0.15, 0.2) is 0 Å². The topological polar surface area (TPSA) is 49.3 Å². The van der Waals surface area contributed by atoms with E-state index in [2.05, 4.69) is 5.32 Å². The van der Waals surface area contributed by atoms with Crippen molar-refractivity contribution in [1.29, 1.82) is 0 Å². The van der Waals surface area contributed by atoms with E-state index in [1.54, 1.807) is 12.1 Å². The van der Waals surface area contributed by atoms with E-state index >= 15 is 0 Å². The van der Waals surface area contributed by atoms with Gasteiger partial charge in [0.25, 0.3) is 0 Å². The first kappa shape index (κ1) is 15.7. The number of hydrogen-bond donors (Lipinski definition) is 2. The van der Waals surface area contributed by atoms with Crippen molar-refractivity contribution in [1.82, 2.24) is 0 Å². The third-order valence-electron chi connectivity index (χ3n) is 2.84. The van der Waals surface area contributed by atoms with Crippen molar-refractivity contribution in [2.45, 2.75) is 12.7 Å². The summed E-state index contributed by atoms with van der Waals surface area (Å²) in [7, 11) is 0. The van der Waals surface area contributed by atoms with Gasteiger partial charge in [-0.1, -0.05) is 29.8 Å². The van der Waals surface area contributed by atoms with E-state index < -0.39 is 0 Å². The molecule has 2 aromatic carbocycles. The molecule has 21 heavy (non-hydrogen) atoms. The van der Waals surface area contributed by atoms with E-state index in [-0.39, 0.29) is 11.7 Å². The van der Waals surface area contributed by atoms with Crippen molar-refractivity contribution in [3.63, 3.8) is 0 Å². The lowest BCUT2D eigenvalue weighted by molar-refractivity contribution is -0.113. The lowest BCUT2D eigenvalue weighted by Crippen LogP contribution is -2.14. The maximum absolute atomic E-state index is 11.8. The van der Waals surface area contributed by atoms with Crippen LogP contribution in [-0.2, 0) is 10.5 Å². The molecular formula is C16H16ClNO2S. The molecule has 0 aliphatic carbocycles. The fourth-order valence-corrected chi connectivity index (χ4v) is 2.69. The van der Waals surface area contributed by atoms with Crippen LogP contribution in [0.25, 0.3) is 0 Å². The number of phenols is 1. The van der Waals surface area contributed by atoms with Gasteiger partial charge in [0, 0.05) is 10.8 Å². The Morgan fingerprint density at radius 1 is 1.24 bits per heavy atom. The minimum absolute atomic E-state index is 0.0889. The predicted octanol–water partition coefficient (Wildman–Crippen LogP) is 4.23. The smallest absolute Gasteiger partial charge is 0.234 e. The van der Waals surface area contributed by atoms with Crippen LogP contribution in [0.4, 0.5) is 5.69 Å². The molecule has 0 saturated carbocycles. The van der Waals surface area contributed by atoms with Gasteiger partial charge in [-0.25, -0.2) is 0 Å². The van der Waals surface area contributed by atoms with Crippen LogP contribution >= 0.6 is 23.4 Å². The second-order valence-electron chi connectivity index (χ2n) is 4.69. The normalized spacial score (nSPS) is 10.4. The molecule has 3 nitrogen and oxygen atoms in total. The zero-order chi connectivity index (χ0) is 15.2. The van der Waals surface area contributed by atoms with Gasteiger partial charge < -0.3 is 10.4 Å². The predicted molar refractivity (Wildman–Crippen MR) is 89.1 cm³/mol. The molecule has 0 radical (unpaired) electrons. The molecule has 0 fully saturated rings. The number of phenolic OH excluding ortho intramolecular Hbond substituents is 1. The fraction of sp³-hybridized carbons (Fsp3) is 0.188. The van der Waals surface area contributed by atoms with Gasteiger partial charge in [0.05, 0.1) is 11.4 Å². The number of carbonyl (C=O) groups is 1. The van der Waals surface area contributed by atoms with Crippen LogP contribution in [0.1, 0.15) is 11.1 Å². The molecule has 0 atom stereocenters. The zero-order valence-electron chi connectivity index (χ0n) is 11.6. The summed E-state index contributed by atoms with van der Waals surface area (Å²) in [5, 5.41) is 13.1. The Bertz CT molecular complexity index is 629. The van der Waals surface area contributed by atoms with Crippen LogP contribution in [0.2, 0.25) is 5.02 Å². The maximum Gasteiger partial charge on any atom is 0.234 e. The molecule has 2 aromatic rings. The number of aryl methyl sites for hydroxylation is 1. The lowest BCUT2D eigenvalue weighted by atomic mass is 10.2. The van der Waals surface area contributed by atoms with Gasteiger partial charge >= 0.3 is 0 Å². The van der Waals surface area contributed by atoms with E-state index in [0.29, 0.717) is 16.5 Å². The van der Waals surface area contributed by atoms with Crippen molar-refractivity contribution in [3.8, 4) is 5.75 Å². The molecule has 0 aliphatic heterocycles. The van der Waals surface area contributed by atoms with Crippen molar-refractivity contribution in [3.05, 3.63) is 58.6 Å². The summed E-state index contributed by atoms with van der Waals surface area (Å²) < 4.78 is 0. The summed E-state index contributed by atoms with van der Waals surface area (Å²) in [6, 6.07) is 12.7. The van der Waals surface area contributed by atoms with E-state index in [1.165, 1.54) is 11.8 Å². The van der Waals surface area contributed by atoms with Gasteiger partial charge in [-0.3, -0.25) is 4.79 Å². The van der Waals surface area contributed by atoms with Crippen molar-refractivity contribution in [2.75, 3.05) is 11.1 Å². The molecule has 0 saturated heterocycles. The first-order valence-electron chi connectivity index (χ1n) is 6.46. The molecule has 0 unspecified atom stereocenters. The third kappa shape index (κ3) is 4.99. The molecule has 2 N–H and O–H groups in total. The Hall–Kier alpha value is -1.65. The second-order valence-corrected chi connectivity index (χ2v) is 6.11. The number of rotatable bonds is 5. The average Bonchev–Trinajstić information content (AvgIpc) is 2.44. The molecule has 2 rings (SSSR count). The van der Waals surface area contributed by atoms with Gasteiger partial charge in [0.1, 0.15) is 5.75 Å². The van der Waals surface area contributed by atoms with Gasteiger partial charge in [0.2, 0.25) is 5.91 Å². The van der Waals surface area contributed by atoms with Crippen LogP contribution in [0.15, 0.2) is 42.5 Å². The van der Waals surface area contributed by atoms with Crippen molar-refractivity contribution < 1.29 is 9.90 Å². The second kappa shape index (κ2) is 7.38. The van der Waals surface area contributed by atoms with Crippen LogP contribution in [0.5, 0.6) is 5.75 Å². The molecular weight excluding hydrogens is 306 g/mol. The molecule has 0 heterocycles. The Balaban J connectivity index is 1.81. The molecule has 0 spiro atoms. The monoisotopic (exact) mass is 321 g/mol. The van der Waals surface area contributed by atoms with Crippen molar-refractivity contribution in [2.24, 2.45) is 0 Å². The number of halogens is 1. The number of amides is 1. The van der Waals surface area contributed by atoms with Crippen LogP contribution in [-0.4, -0.2) is 16.8 Å². The summed E-state index contributed by atoms with van der Waals surface area (Å²) in [6.45, 7) is 1.88. The van der Waals surface area contributed by atoms with Crippen LogP contribution < -0.4 is 5.32 Å². The van der Waals surface area contributed by atoms with Gasteiger partial charge in [-0.05, 0) is 42.3 Å². The number of carbonyl (C=O) groups excluding carboxylic acids is 1. The van der Waals surface area contributed by atoms with E-state index in [1.807, 2.05) is 37.3 Å². The Morgan fingerprint density at radius 2 is 1.95 bits per heavy atom. The molecule has 0 aliphatic rings. The fourth-order valence-electron chi connectivity index (χ4n) is 1.78. The summed E-state index contributed by atoms with van der Waals surface area (Å²) in [5.74, 6) is 1.03. The molecule has 1 amide bonds. The largest absolute Gasteiger partial charge is 0.506 e. The highest BCUT2D eigenvalue weighted by molar-refractivity contribution is 7.99. The number of aromatic hydroxyl groups is 1. The molecule has 0 aromatic heterocycles. The van der Waals surface area contributed by atoms with Gasteiger partial charge in [-0.15, -0.1) is 11.8 Å². The highest BCUT2D eigenvalue weighted by Crippen LogP contribution is 2.24. The summed E-state index contributed by atoms with van der Waals surface area (Å²) >= 11 is 7.33. The standard InChI is InChI=1S/C16H16ClNO2S/c1-11-2-7-14(15(19)8-11)18-16(20)10-21-9-12-3-5-13(17)6-4-12/h2-8,19H,9-10H2,1H3,(H,18,20). The van der Waals surface area contributed by atoms with Crippen LogP contribution in [0.3, 0.4) is 0 Å². The number of benzene rings is 2. The molecule has 110 valence electrons. The first-order chi connectivity index (χ1) is 10.0. The van der Waals surface area contributed by atoms with Gasteiger partial charge in [-0.2, -0.15) is 0 Å². The van der Waals surface area contributed by atoms with E-state index in [0.717, 1.165) is 16.9 Å². The quantitative estimate of drug-likeness (QED) is 0.810. The summed E-state index contributed by atoms with van der Waals surface area (Å²) in [4.78, 5) is 11.8. The Labute approximate surface area is 133 Å². The number of thioether (sulfide) groups is 1. The molecule has 5 heteroatoms. The number of hydrogen-bond acceptors (Lipinski definition) is 3. The third-order valence-corrected chi connectivity index (χ3v) is 4.10. The Morgan fingerprint density at radius 3 is 2.62 bits per heavy atom. The maximum atomic E-state index is 11.8. The zero-order valence-corrected chi connectivity index (χ0v) is 13.2. The highest BCUT2D eigenvalue weighted by Gasteiger charge is 2.06. The average molecular weight is 322 g/mol. The Kier molecular flexibility index (Phi) is 5.53. The lowest BCUT2D eigenvalue weighted by Gasteiger charge is -2.08. The van der Waals surface area contributed by atoms with Crippen LogP contribution in [0, 0.1) is 6.92 Å². The SMILES string of the molecule is Cc1ccc(NC(=O)CSCc2ccc(Cl)cc2)c(O)c1. The minimum Gasteiger partial charge on any atom is -0.506 e. The van der Waals surface area contributed by atoms with E-state index in [4.69, 9.17) is 11.6 Å². The summed E-state index contributed by atoms with van der Waals surface area (Å²) in [5.41, 5.74) is 2.51. The highest BCUT2D eigenvalue weighted by atomic mass is 35.5. The molecule has 0 bridgehead atoms. The van der Waals surface area contributed by atoms with E-state index in [9.17, 15) is 9.90 Å². The number of nitrogens with one attached hydrogen (secondary N) is 1.